The van der Waals surface area contributed by atoms with Crippen molar-refractivity contribution in [1.82, 2.24) is 10.6 Å². The maximum absolute atomic E-state index is 11.7. The molecule has 0 bridgehead atoms. The molecule has 4 nitrogen and oxygen atoms in total. The van der Waals surface area contributed by atoms with Gasteiger partial charge >= 0.3 is 0 Å². The summed E-state index contributed by atoms with van der Waals surface area (Å²) in [5.74, 6) is 0.525. The number of ether oxygens (including phenoxy) is 1. The van der Waals surface area contributed by atoms with Gasteiger partial charge in [-0.25, -0.2) is 0 Å². The Bertz CT molecular complexity index is 227. The molecule has 1 unspecified atom stereocenters. The summed E-state index contributed by atoms with van der Waals surface area (Å²) in [5.41, 5.74) is -0.235. The molecule has 1 atom stereocenters. The third kappa shape index (κ3) is 8.16. The van der Waals surface area contributed by atoms with Gasteiger partial charge in [-0.1, -0.05) is 13.8 Å². The summed E-state index contributed by atoms with van der Waals surface area (Å²) in [7, 11) is 0. The lowest BCUT2D eigenvalue weighted by Crippen LogP contribution is -2.48. The van der Waals surface area contributed by atoms with Crippen LogP contribution in [0.1, 0.15) is 41.5 Å². The van der Waals surface area contributed by atoms with Gasteiger partial charge in [0.15, 0.2) is 0 Å². The SMILES string of the molecule is CCOC(C)(C)CNC(C)C(=O)NCC(C)C. The van der Waals surface area contributed by atoms with Crippen LogP contribution in [0.5, 0.6) is 0 Å². The predicted octanol–water partition coefficient (Wildman–Crippen LogP) is 1.55. The molecular weight excluding hydrogens is 216 g/mol. The highest BCUT2D eigenvalue weighted by Crippen LogP contribution is 2.07. The van der Waals surface area contributed by atoms with Crippen LogP contribution in [0.15, 0.2) is 0 Å². The molecule has 0 aliphatic rings. The number of carbonyl (C=O) groups is 1. The standard InChI is InChI=1S/C13H28N2O2/c1-7-17-13(5,6)9-15-11(4)12(16)14-8-10(2)3/h10-11,15H,7-9H2,1-6H3,(H,14,16). The van der Waals surface area contributed by atoms with E-state index in [2.05, 4.69) is 24.5 Å². The van der Waals surface area contributed by atoms with Crippen LogP contribution >= 0.6 is 0 Å². The van der Waals surface area contributed by atoms with Crippen LogP contribution in [-0.2, 0) is 9.53 Å². The quantitative estimate of drug-likeness (QED) is 0.681. The second kappa shape index (κ2) is 7.67. The molecule has 0 saturated carbocycles. The Kier molecular flexibility index (Phi) is 7.39. The zero-order valence-corrected chi connectivity index (χ0v) is 12.1. The van der Waals surface area contributed by atoms with Gasteiger partial charge in [0.05, 0.1) is 11.6 Å². The van der Waals surface area contributed by atoms with Gasteiger partial charge < -0.3 is 15.4 Å². The molecule has 0 radical (unpaired) electrons. The van der Waals surface area contributed by atoms with E-state index in [4.69, 9.17) is 4.74 Å². The number of amides is 1. The van der Waals surface area contributed by atoms with Crippen LogP contribution in [-0.4, -0.2) is 37.2 Å². The van der Waals surface area contributed by atoms with Crippen LogP contribution in [0.25, 0.3) is 0 Å². The van der Waals surface area contributed by atoms with E-state index < -0.39 is 0 Å². The van der Waals surface area contributed by atoms with E-state index in [-0.39, 0.29) is 17.6 Å². The van der Waals surface area contributed by atoms with Crippen molar-refractivity contribution in [3.8, 4) is 0 Å². The lowest BCUT2D eigenvalue weighted by Gasteiger charge is -2.27. The Morgan fingerprint density at radius 3 is 2.35 bits per heavy atom. The molecule has 0 aromatic rings. The lowest BCUT2D eigenvalue weighted by molar-refractivity contribution is -0.123. The van der Waals surface area contributed by atoms with Crippen LogP contribution in [0, 0.1) is 5.92 Å². The van der Waals surface area contributed by atoms with Crippen molar-refractivity contribution in [2.24, 2.45) is 5.92 Å². The first-order valence-corrected chi connectivity index (χ1v) is 6.43. The van der Waals surface area contributed by atoms with E-state index in [1.165, 1.54) is 0 Å². The number of nitrogens with one attached hydrogen (secondary N) is 2. The maximum Gasteiger partial charge on any atom is 0.236 e. The van der Waals surface area contributed by atoms with E-state index in [9.17, 15) is 4.79 Å². The molecule has 0 fully saturated rings. The minimum absolute atomic E-state index is 0.0472. The van der Waals surface area contributed by atoms with Gasteiger partial charge in [-0.2, -0.15) is 0 Å². The summed E-state index contributed by atoms with van der Waals surface area (Å²) in [6, 6.07) is -0.187. The molecule has 1 amide bonds. The zero-order chi connectivity index (χ0) is 13.5. The molecule has 0 aromatic heterocycles. The normalized spacial score (nSPS) is 13.8. The van der Waals surface area contributed by atoms with Crippen molar-refractivity contribution >= 4 is 5.91 Å². The van der Waals surface area contributed by atoms with Gasteiger partial charge in [-0.3, -0.25) is 4.79 Å². The minimum atomic E-state index is -0.235. The van der Waals surface area contributed by atoms with E-state index in [1.54, 1.807) is 0 Å². The predicted molar refractivity (Wildman–Crippen MR) is 71.0 cm³/mol. The third-order valence-corrected chi connectivity index (χ3v) is 2.45. The van der Waals surface area contributed by atoms with Gasteiger partial charge in [0.1, 0.15) is 0 Å². The van der Waals surface area contributed by atoms with E-state index >= 15 is 0 Å². The summed E-state index contributed by atoms with van der Waals surface area (Å²) in [6.45, 7) is 14.1. The van der Waals surface area contributed by atoms with Crippen LogP contribution in [0.2, 0.25) is 0 Å². The van der Waals surface area contributed by atoms with Crippen LogP contribution in [0.3, 0.4) is 0 Å². The van der Waals surface area contributed by atoms with Crippen molar-refractivity contribution in [3.05, 3.63) is 0 Å². The summed E-state index contributed by atoms with van der Waals surface area (Å²) in [5, 5.41) is 6.10. The molecule has 2 N–H and O–H groups in total. The van der Waals surface area contributed by atoms with Crippen molar-refractivity contribution in [1.29, 1.82) is 0 Å². The monoisotopic (exact) mass is 244 g/mol. The Hall–Kier alpha value is -0.610. The van der Waals surface area contributed by atoms with Crippen molar-refractivity contribution in [3.63, 3.8) is 0 Å². The van der Waals surface area contributed by atoms with E-state index in [0.717, 1.165) is 6.54 Å². The molecule has 0 heterocycles. The molecular formula is C13H28N2O2. The molecule has 0 spiro atoms. The van der Waals surface area contributed by atoms with Gasteiger partial charge in [-0.15, -0.1) is 0 Å². The fourth-order valence-corrected chi connectivity index (χ4v) is 1.39. The van der Waals surface area contributed by atoms with Crippen LogP contribution in [0.4, 0.5) is 0 Å². The van der Waals surface area contributed by atoms with Gasteiger partial charge in [0.2, 0.25) is 5.91 Å². The minimum Gasteiger partial charge on any atom is -0.375 e. The zero-order valence-electron chi connectivity index (χ0n) is 12.1. The molecule has 0 aliphatic carbocycles. The highest BCUT2D eigenvalue weighted by Gasteiger charge is 2.20. The Labute approximate surface area is 105 Å². The van der Waals surface area contributed by atoms with Crippen molar-refractivity contribution in [2.45, 2.75) is 53.2 Å². The molecule has 17 heavy (non-hydrogen) atoms. The maximum atomic E-state index is 11.7. The molecule has 0 saturated heterocycles. The van der Waals surface area contributed by atoms with Gasteiger partial charge in [0, 0.05) is 19.7 Å². The highest BCUT2D eigenvalue weighted by atomic mass is 16.5. The van der Waals surface area contributed by atoms with Gasteiger partial charge in [0.25, 0.3) is 0 Å². The number of carbonyl (C=O) groups excluding carboxylic acids is 1. The number of rotatable bonds is 8. The third-order valence-electron chi connectivity index (χ3n) is 2.45. The number of hydrogen-bond donors (Lipinski definition) is 2. The smallest absolute Gasteiger partial charge is 0.236 e. The van der Waals surface area contributed by atoms with Gasteiger partial charge in [-0.05, 0) is 33.6 Å². The van der Waals surface area contributed by atoms with E-state index in [0.29, 0.717) is 19.1 Å². The molecule has 102 valence electrons. The summed E-state index contributed by atoms with van der Waals surface area (Å²) in [4.78, 5) is 11.7. The van der Waals surface area contributed by atoms with Crippen molar-refractivity contribution < 1.29 is 9.53 Å². The van der Waals surface area contributed by atoms with E-state index in [1.807, 2.05) is 27.7 Å². The second-order valence-corrected chi connectivity index (χ2v) is 5.43. The fourth-order valence-electron chi connectivity index (χ4n) is 1.39. The van der Waals surface area contributed by atoms with Crippen molar-refractivity contribution in [2.75, 3.05) is 19.7 Å². The largest absolute Gasteiger partial charge is 0.375 e. The molecule has 0 aromatic carbocycles. The summed E-state index contributed by atoms with van der Waals surface area (Å²) in [6.07, 6.45) is 0. The average molecular weight is 244 g/mol. The molecule has 0 aliphatic heterocycles. The topological polar surface area (TPSA) is 50.4 Å². The average Bonchev–Trinajstić information content (AvgIpc) is 2.22. The number of hydrogen-bond acceptors (Lipinski definition) is 3. The Morgan fingerprint density at radius 2 is 1.88 bits per heavy atom. The first-order chi connectivity index (χ1) is 7.78. The second-order valence-electron chi connectivity index (χ2n) is 5.43. The Balaban J connectivity index is 3.92. The Morgan fingerprint density at radius 1 is 1.29 bits per heavy atom. The first-order valence-electron chi connectivity index (χ1n) is 6.43. The highest BCUT2D eigenvalue weighted by molar-refractivity contribution is 5.81. The van der Waals surface area contributed by atoms with Crippen LogP contribution < -0.4 is 10.6 Å². The summed E-state index contributed by atoms with van der Waals surface area (Å²) >= 11 is 0. The first kappa shape index (κ1) is 16.4. The molecule has 4 heteroatoms. The lowest BCUT2D eigenvalue weighted by atomic mass is 10.1. The fraction of sp³-hybridized carbons (Fsp3) is 0.923. The molecule has 0 rings (SSSR count). The summed E-state index contributed by atoms with van der Waals surface area (Å²) < 4.78 is 5.56.